The zero-order valence-corrected chi connectivity index (χ0v) is 31.6. The van der Waals surface area contributed by atoms with Crippen LogP contribution < -0.4 is 16.4 Å². The summed E-state index contributed by atoms with van der Waals surface area (Å²) < 4.78 is 14.4. The SMILES string of the molecule is C=CCN(C(=O)NCc1ccc(F)cc1)N1CC(=O)N2[C@@H](Cc3ccc(NC(=O)c4cccc5ccccc45)cc3)C(=O)N(Cc3cccc4sc(N)nc34)C[C@@H]21. The molecule has 5 amide bonds. The molecular formula is C43H39FN8O4S. The van der Waals surface area contributed by atoms with Crippen molar-refractivity contribution < 1.29 is 23.6 Å². The van der Waals surface area contributed by atoms with Crippen LogP contribution >= 0.6 is 11.3 Å². The number of nitrogens with zero attached hydrogens (tertiary/aromatic N) is 5. The number of thiazole rings is 1. The Labute approximate surface area is 331 Å². The van der Waals surface area contributed by atoms with Crippen molar-refractivity contribution in [1.29, 1.82) is 0 Å². The first-order chi connectivity index (χ1) is 27.7. The molecular weight excluding hydrogens is 744 g/mol. The first kappa shape index (κ1) is 37.3. The number of piperazine rings is 1. The van der Waals surface area contributed by atoms with Crippen LogP contribution in [0.1, 0.15) is 27.0 Å². The maximum Gasteiger partial charge on any atom is 0.332 e. The maximum atomic E-state index is 14.5. The number of hydrogen-bond donors (Lipinski definition) is 3. The summed E-state index contributed by atoms with van der Waals surface area (Å²) in [5.74, 6) is -1.17. The monoisotopic (exact) mass is 782 g/mol. The second-order valence-corrected chi connectivity index (χ2v) is 15.0. The van der Waals surface area contributed by atoms with Crippen LogP contribution in [0.5, 0.6) is 0 Å². The number of fused-ring (bicyclic) bond motifs is 3. The molecule has 0 bridgehead atoms. The van der Waals surface area contributed by atoms with Gasteiger partial charge in [-0.3, -0.25) is 19.4 Å². The quantitative estimate of drug-likeness (QED) is 0.134. The van der Waals surface area contributed by atoms with Crippen molar-refractivity contribution in [2.45, 2.75) is 31.7 Å². The molecule has 288 valence electrons. The zero-order valence-electron chi connectivity index (χ0n) is 30.8. The van der Waals surface area contributed by atoms with Crippen molar-refractivity contribution in [3.05, 3.63) is 150 Å². The molecule has 0 radical (unpaired) electrons. The van der Waals surface area contributed by atoms with E-state index in [1.165, 1.54) is 28.5 Å². The van der Waals surface area contributed by atoms with Crippen LogP contribution in [0.25, 0.3) is 21.0 Å². The van der Waals surface area contributed by atoms with Crippen LogP contribution in [0.3, 0.4) is 0 Å². The number of nitrogens with two attached hydrogens (primary N) is 1. The van der Waals surface area contributed by atoms with E-state index in [9.17, 15) is 23.6 Å². The largest absolute Gasteiger partial charge is 0.375 e. The molecule has 8 rings (SSSR count). The molecule has 6 aromatic rings. The maximum absolute atomic E-state index is 14.5. The van der Waals surface area contributed by atoms with Crippen molar-refractivity contribution in [1.82, 2.24) is 30.1 Å². The number of anilines is 2. The van der Waals surface area contributed by atoms with Gasteiger partial charge in [-0.05, 0) is 63.9 Å². The Morgan fingerprint density at radius 2 is 1.68 bits per heavy atom. The average Bonchev–Trinajstić information content (AvgIpc) is 3.77. The third-order valence-electron chi connectivity index (χ3n) is 10.3. The normalized spacial score (nSPS) is 16.9. The van der Waals surface area contributed by atoms with Crippen molar-refractivity contribution in [3.63, 3.8) is 0 Å². The molecule has 1 aromatic heterocycles. The van der Waals surface area contributed by atoms with Gasteiger partial charge in [0.05, 0.1) is 29.9 Å². The van der Waals surface area contributed by atoms with Crippen LogP contribution in [0.4, 0.5) is 20.0 Å². The summed E-state index contributed by atoms with van der Waals surface area (Å²) in [6.07, 6.45) is 1.08. The Kier molecular flexibility index (Phi) is 10.4. The predicted octanol–water partition coefficient (Wildman–Crippen LogP) is 6.16. The molecule has 3 heterocycles. The van der Waals surface area contributed by atoms with Crippen LogP contribution in [0.15, 0.2) is 122 Å². The van der Waals surface area contributed by atoms with Gasteiger partial charge < -0.3 is 26.2 Å². The van der Waals surface area contributed by atoms with E-state index in [0.717, 1.165) is 26.6 Å². The Morgan fingerprint density at radius 3 is 2.47 bits per heavy atom. The second kappa shape index (κ2) is 15.8. The van der Waals surface area contributed by atoms with Gasteiger partial charge in [-0.25, -0.2) is 14.2 Å². The highest BCUT2D eigenvalue weighted by Gasteiger charge is 2.52. The molecule has 12 nitrogen and oxygen atoms in total. The van der Waals surface area contributed by atoms with Gasteiger partial charge in [0, 0.05) is 30.8 Å². The number of aromatic nitrogens is 1. The number of amides is 5. The Balaban J connectivity index is 1.06. The van der Waals surface area contributed by atoms with Crippen LogP contribution in [-0.4, -0.2) is 80.4 Å². The summed E-state index contributed by atoms with van der Waals surface area (Å²) in [6, 6.07) is 30.7. The molecule has 0 spiro atoms. The number of nitrogen functional groups attached to an aromatic ring is 1. The summed E-state index contributed by atoms with van der Waals surface area (Å²) in [6.45, 7) is 4.26. The molecule has 5 aromatic carbocycles. The minimum Gasteiger partial charge on any atom is -0.375 e. The number of urea groups is 1. The minimum atomic E-state index is -0.898. The molecule has 2 aliphatic rings. The van der Waals surface area contributed by atoms with E-state index in [0.29, 0.717) is 27.5 Å². The lowest BCUT2D eigenvalue weighted by Gasteiger charge is -2.46. The highest BCUT2D eigenvalue weighted by atomic mass is 32.1. The lowest BCUT2D eigenvalue weighted by atomic mass is 9.99. The van der Waals surface area contributed by atoms with E-state index in [1.807, 2.05) is 66.7 Å². The lowest BCUT2D eigenvalue weighted by molar-refractivity contribution is -0.157. The fourth-order valence-corrected chi connectivity index (χ4v) is 8.40. The van der Waals surface area contributed by atoms with E-state index in [2.05, 4.69) is 22.2 Å². The van der Waals surface area contributed by atoms with Gasteiger partial charge in [0.15, 0.2) is 5.13 Å². The smallest absolute Gasteiger partial charge is 0.332 e. The third kappa shape index (κ3) is 7.64. The summed E-state index contributed by atoms with van der Waals surface area (Å²) >= 11 is 1.36. The van der Waals surface area contributed by atoms with Crippen LogP contribution in [0.2, 0.25) is 0 Å². The Morgan fingerprint density at radius 1 is 0.947 bits per heavy atom. The number of benzene rings is 5. The lowest BCUT2D eigenvalue weighted by Crippen LogP contribution is -2.66. The molecule has 4 N–H and O–H groups in total. The summed E-state index contributed by atoms with van der Waals surface area (Å²) in [5.41, 5.74) is 10.2. The van der Waals surface area contributed by atoms with E-state index in [-0.39, 0.29) is 62.7 Å². The van der Waals surface area contributed by atoms with E-state index in [1.54, 1.807) is 51.2 Å². The first-order valence-electron chi connectivity index (χ1n) is 18.5. The number of para-hydroxylation sites is 1. The fraction of sp³-hybridized carbons (Fsp3) is 0.186. The number of halogens is 1. The molecule has 2 fully saturated rings. The summed E-state index contributed by atoms with van der Waals surface area (Å²) in [4.78, 5) is 63.4. The number of carbonyl (C=O) groups excluding carboxylic acids is 4. The van der Waals surface area contributed by atoms with Crippen molar-refractivity contribution in [3.8, 4) is 0 Å². The molecule has 0 unspecified atom stereocenters. The summed E-state index contributed by atoms with van der Waals surface area (Å²) in [5, 5.41) is 11.2. The number of hydrazine groups is 1. The van der Waals surface area contributed by atoms with Gasteiger partial charge in [-0.2, -0.15) is 5.01 Å². The number of rotatable bonds is 11. The highest BCUT2D eigenvalue weighted by Crippen LogP contribution is 2.33. The molecule has 57 heavy (non-hydrogen) atoms. The topological polar surface area (TPSA) is 144 Å². The van der Waals surface area contributed by atoms with E-state index < -0.39 is 18.2 Å². The number of hydrogen-bond acceptors (Lipinski definition) is 8. The highest BCUT2D eigenvalue weighted by molar-refractivity contribution is 7.22. The number of carbonyl (C=O) groups is 4. The van der Waals surface area contributed by atoms with E-state index >= 15 is 0 Å². The van der Waals surface area contributed by atoms with Gasteiger partial charge in [-0.1, -0.05) is 90.2 Å². The molecule has 0 saturated carbocycles. The van der Waals surface area contributed by atoms with E-state index in [4.69, 9.17) is 5.73 Å². The zero-order chi connectivity index (χ0) is 39.6. The van der Waals surface area contributed by atoms with Gasteiger partial charge in [-0.15, -0.1) is 6.58 Å². The van der Waals surface area contributed by atoms with Crippen molar-refractivity contribution in [2.24, 2.45) is 0 Å². The first-order valence-corrected chi connectivity index (χ1v) is 19.3. The van der Waals surface area contributed by atoms with Crippen LogP contribution in [-0.2, 0) is 29.1 Å². The van der Waals surface area contributed by atoms with Gasteiger partial charge in [0.2, 0.25) is 11.8 Å². The Bertz CT molecular complexity index is 2500. The molecule has 14 heteroatoms. The van der Waals surface area contributed by atoms with Gasteiger partial charge in [0.1, 0.15) is 18.0 Å². The standard InChI is InChI=1S/C43H39FN8O4S/c1-2-21-50(43(56)46-23-28-13-17-31(44)18-14-28)51-26-38(53)52-35(41(55)49(25-37(51)52)24-30-9-6-12-36-39(30)48-42(45)57-36)22-27-15-19-32(20-16-27)47-40(54)34-11-5-8-29-7-3-4-10-33(29)34/h2-20,35,37H,1,21-26H2,(H2,45,48)(H,46,56)(H,47,54)/t35-,37+/m0/s1. The average molecular weight is 783 g/mol. The number of nitrogens with one attached hydrogen (secondary N) is 2. The second-order valence-electron chi connectivity index (χ2n) is 14.0. The molecule has 2 aliphatic heterocycles. The summed E-state index contributed by atoms with van der Waals surface area (Å²) in [7, 11) is 0. The fourth-order valence-electron chi connectivity index (χ4n) is 7.61. The van der Waals surface area contributed by atoms with Gasteiger partial charge >= 0.3 is 6.03 Å². The van der Waals surface area contributed by atoms with Crippen molar-refractivity contribution >= 4 is 66.9 Å². The molecule has 0 aliphatic carbocycles. The minimum absolute atomic E-state index is 0.0921. The predicted molar refractivity (Wildman–Crippen MR) is 218 cm³/mol. The van der Waals surface area contributed by atoms with Crippen LogP contribution in [0, 0.1) is 5.82 Å². The Hall–Kier alpha value is -6.64. The van der Waals surface area contributed by atoms with Gasteiger partial charge in [0.25, 0.3) is 5.91 Å². The van der Waals surface area contributed by atoms with Crippen molar-refractivity contribution in [2.75, 3.05) is 30.7 Å². The third-order valence-corrected chi connectivity index (χ3v) is 11.2. The molecule has 2 saturated heterocycles. The molecule has 2 atom stereocenters.